The molecule has 1 aliphatic rings. The van der Waals surface area contributed by atoms with E-state index in [0.29, 0.717) is 18.8 Å². The minimum Gasteiger partial charge on any atom is -0.508 e. The molecule has 0 unspecified atom stereocenters. The maximum Gasteiger partial charge on any atom is 0.324 e. The summed E-state index contributed by atoms with van der Waals surface area (Å²) in [5.41, 5.74) is 0.685. The average Bonchev–Trinajstić information content (AvgIpc) is 2.32. The van der Waals surface area contributed by atoms with Gasteiger partial charge in [0.2, 0.25) is 0 Å². The van der Waals surface area contributed by atoms with Crippen LogP contribution in [-0.4, -0.2) is 47.3 Å². The third-order valence-electron chi connectivity index (χ3n) is 3.21. The number of aromatic hydroxyl groups is 1. The summed E-state index contributed by atoms with van der Waals surface area (Å²) in [4.78, 5) is 25.7. The van der Waals surface area contributed by atoms with Crippen molar-refractivity contribution in [3.8, 4) is 5.75 Å². The van der Waals surface area contributed by atoms with Crippen LogP contribution >= 0.6 is 0 Å². The normalized spacial score (nSPS) is 14.9. The summed E-state index contributed by atoms with van der Waals surface area (Å²) in [6.07, 6.45) is 0.104. The molecular weight excluding hydrogens is 248 g/mol. The maximum atomic E-state index is 12.1. The molecule has 0 spiro atoms. The van der Waals surface area contributed by atoms with Crippen LogP contribution < -0.4 is 4.90 Å². The molecule has 1 fully saturated rings. The number of carboxylic acid groups (broad SMARTS) is 1. The zero-order chi connectivity index (χ0) is 14.0. The Bertz CT molecular complexity index is 480. The Morgan fingerprint density at radius 3 is 2.42 bits per heavy atom. The van der Waals surface area contributed by atoms with Crippen LogP contribution in [0.2, 0.25) is 0 Å². The minimum atomic E-state index is -0.830. The molecule has 102 valence electrons. The summed E-state index contributed by atoms with van der Waals surface area (Å²) in [7, 11) is 1.65. The van der Waals surface area contributed by atoms with Gasteiger partial charge in [0.1, 0.15) is 5.75 Å². The van der Waals surface area contributed by atoms with E-state index >= 15 is 0 Å². The molecule has 1 heterocycles. The van der Waals surface area contributed by atoms with Gasteiger partial charge in [-0.3, -0.25) is 9.69 Å². The number of nitrogens with zero attached hydrogens (tertiary/aromatic N) is 2. The number of urea groups is 1. The predicted octanol–water partition coefficient (Wildman–Crippen LogP) is 1.35. The van der Waals surface area contributed by atoms with Crippen LogP contribution in [0.3, 0.4) is 0 Å². The van der Waals surface area contributed by atoms with Crippen LogP contribution in [-0.2, 0) is 4.79 Å². The Morgan fingerprint density at radius 1 is 1.32 bits per heavy atom. The summed E-state index contributed by atoms with van der Waals surface area (Å²) in [5.74, 6) is -0.631. The smallest absolute Gasteiger partial charge is 0.324 e. The lowest BCUT2D eigenvalue weighted by Gasteiger charge is -2.40. The van der Waals surface area contributed by atoms with Gasteiger partial charge in [-0.05, 0) is 24.3 Å². The average molecular weight is 264 g/mol. The molecule has 6 nitrogen and oxygen atoms in total. The summed E-state index contributed by atoms with van der Waals surface area (Å²) < 4.78 is 0. The summed E-state index contributed by atoms with van der Waals surface area (Å²) in [5, 5.41) is 17.8. The minimum absolute atomic E-state index is 0.0506. The van der Waals surface area contributed by atoms with Crippen molar-refractivity contribution in [3.63, 3.8) is 0 Å². The third kappa shape index (κ3) is 2.96. The number of rotatable bonds is 3. The highest BCUT2D eigenvalue weighted by Crippen LogP contribution is 2.23. The van der Waals surface area contributed by atoms with E-state index in [1.807, 2.05) is 0 Å². The second-order valence-corrected chi connectivity index (χ2v) is 4.73. The fourth-order valence-electron chi connectivity index (χ4n) is 2.10. The topological polar surface area (TPSA) is 81.1 Å². The number of phenols is 1. The fourth-order valence-corrected chi connectivity index (χ4v) is 2.10. The third-order valence-corrected chi connectivity index (χ3v) is 3.21. The zero-order valence-corrected chi connectivity index (χ0v) is 10.6. The predicted molar refractivity (Wildman–Crippen MR) is 69.2 cm³/mol. The van der Waals surface area contributed by atoms with Crippen LogP contribution in [0, 0.1) is 5.92 Å². The lowest BCUT2D eigenvalue weighted by molar-refractivity contribution is -0.139. The van der Waals surface area contributed by atoms with Crippen molar-refractivity contribution in [2.45, 2.75) is 6.42 Å². The lowest BCUT2D eigenvalue weighted by Crippen LogP contribution is -2.54. The number of benzene rings is 1. The lowest BCUT2D eigenvalue weighted by atomic mass is 9.97. The van der Waals surface area contributed by atoms with Crippen LogP contribution in [0.25, 0.3) is 0 Å². The fraction of sp³-hybridized carbons (Fsp3) is 0.385. The highest BCUT2D eigenvalue weighted by atomic mass is 16.4. The number of carbonyl (C=O) groups excluding carboxylic acids is 1. The number of carboxylic acids is 1. The highest BCUT2D eigenvalue weighted by molar-refractivity contribution is 5.92. The second kappa shape index (κ2) is 5.17. The van der Waals surface area contributed by atoms with Crippen LogP contribution in [0.5, 0.6) is 5.75 Å². The molecule has 0 radical (unpaired) electrons. The number of phenolic OH excluding ortho intramolecular Hbond substituents is 1. The number of hydrogen-bond acceptors (Lipinski definition) is 3. The first kappa shape index (κ1) is 13.2. The van der Waals surface area contributed by atoms with Crippen LogP contribution in [0.1, 0.15) is 6.42 Å². The first-order valence-corrected chi connectivity index (χ1v) is 6.01. The van der Waals surface area contributed by atoms with Crippen molar-refractivity contribution in [1.29, 1.82) is 0 Å². The molecule has 0 aromatic heterocycles. The van der Waals surface area contributed by atoms with E-state index in [9.17, 15) is 14.7 Å². The van der Waals surface area contributed by atoms with E-state index < -0.39 is 5.97 Å². The molecule has 6 heteroatoms. The highest BCUT2D eigenvalue weighted by Gasteiger charge is 2.33. The molecule has 0 bridgehead atoms. The number of aliphatic carboxylic acids is 1. The van der Waals surface area contributed by atoms with Crippen LogP contribution in [0.15, 0.2) is 24.3 Å². The van der Waals surface area contributed by atoms with E-state index in [-0.39, 0.29) is 24.1 Å². The van der Waals surface area contributed by atoms with Gasteiger partial charge in [-0.2, -0.15) is 0 Å². The molecule has 2 amide bonds. The first-order chi connectivity index (χ1) is 8.97. The van der Waals surface area contributed by atoms with E-state index in [1.54, 1.807) is 24.1 Å². The molecule has 2 rings (SSSR count). The van der Waals surface area contributed by atoms with Crippen molar-refractivity contribution < 1.29 is 19.8 Å². The van der Waals surface area contributed by atoms with Gasteiger partial charge < -0.3 is 15.1 Å². The monoisotopic (exact) mass is 264 g/mol. The summed E-state index contributed by atoms with van der Waals surface area (Å²) >= 11 is 0. The summed E-state index contributed by atoms with van der Waals surface area (Å²) in [6.45, 7) is 0.959. The van der Waals surface area contributed by atoms with Gasteiger partial charge >= 0.3 is 12.0 Å². The van der Waals surface area contributed by atoms with Gasteiger partial charge in [0.05, 0.1) is 6.42 Å². The molecule has 1 aromatic rings. The number of carbonyl (C=O) groups is 2. The van der Waals surface area contributed by atoms with Crippen LogP contribution in [0.4, 0.5) is 10.5 Å². The van der Waals surface area contributed by atoms with E-state index in [2.05, 4.69) is 0 Å². The molecule has 2 N–H and O–H groups in total. The zero-order valence-electron chi connectivity index (χ0n) is 10.6. The van der Waals surface area contributed by atoms with E-state index in [0.717, 1.165) is 0 Å². The number of hydrogen-bond donors (Lipinski definition) is 2. The Kier molecular flexibility index (Phi) is 3.59. The van der Waals surface area contributed by atoms with Crippen molar-refractivity contribution in [1.82, 2.24) is 4.90 Å². The molecule has 0 atom stereocenters. The van der Waals surface area contributed by atoms with E-state index in [1.165, 1.54) is 17.0 Å². The SMILES string of the molecule is CN(C(=O)N1CC(CC(=O)O)C1)c1ccc(O)cc1. The quantitative estimate of drug-likeness (QED) is 0.863. The standard InChI is InChI=1S/C13H16N2O4/c1-14(10-2-4-11(16)5-3-10)13(19)15-7-9(8-15)6-12(17)18/h2-5,9,16H,6-8H2,1H3,(H,17,18). The van der Waals surface area contributed by atoms with Crippen molar-refractivity contribution in [2.24, 2.45) is 5.92 Å². The van der Waals surface area contributed by atoms with Gasteiger partial charge in [-0.1, -0.05) is 0 Å². The Labute approximate surface area is 110 Å². The molecule has 1 aliphatic heterocycles. The molecule has 1 aromatic carbocycles. The number of anilines is 1. The number of likely N-dealkylation sites (tertiary alicyclic amines) is 1. The summed E-state index contributed by atoms with van der Waals surface area (Å²) in [6, 6.07) is 6.18. The Morgan fingerprint density at radius 2 is 1.89 bits per heavy atom. The van der Waals surface area contributed by atoms with Gasteiger partial charge in [-0.25, -0.2) is 4.79 Å². The maximum absolute atomic E-state index is 12.1. The Balaban J connectivity index is 1.91. The molecule has 0 aliphatic carbocycles. The van der Waals surface area contributed by atoms with Gasteiger partial charge in [0.15, 0.2) is 0 Å². The molecule has 19 heavy (non-hydrogen) atoms. The van der Waals surface area contributed by atoms with E-state index in [4.69, 9.17) is 5.11 Å². The Hall–Kier alpha value is -2.24. The van der Waals surface area contributed by atoms with Gasteiger partial charge in [0.25, 0.3) is 0 Å². The van der Waals surface area contributed by atoms with Gasteiger partial charge in [-0.15, -0.1) is 0 Å². The first-order valence-electron chi connectivity index (χ1n) is 6.01. The van der Waals surface area contributed by atoms with Crippen molar-refractivity contribution in [3.05, 3.63) is 24.3 Å². The molecule has 1 saturated heterocycles. The van der Waals surface area contributed by atoms with Gasteiger partial charge in [0, 0.05) is 31.7 Å². The largest absolute Gasteiger partial charge is 0.508 e. The van der Waals surface area contributed by atoms with Crippen molar-refractivity contribution in [2.75, 3.05) is 25.0 Å². The second-order valence-electron chi connectivity index (χ2n) is 4.73. The molecule has 0 saturated carbocycles. The molecular formula is C13H16N2O4. The number of amides is 2. The van der Waals surface area contributed by atoms with Crippen molar-refractivity contribution >= 4 is 17.7 Å².